The summed E-state index contributed by atoms with van der Waals surface area (Å²) in [6, 6.07) is 3.38. The third-order valence-electron chi connectivity index (χ3n) is 3.26. The number of nitrogens with zero attached hydrogens (tertiary/aromatic N) is 1. The SMILES string of the molecule is CCCCCCCC(=O)NN=Cc1cc(Br)c(O)c(OCC)c1. The van der Waals surface area contributed by atoms with Gasteiger partial charge in [-0.1, -0.05) is 32.6 Å². The summed E-state index contributed by atoms with van der Waals surface area (Å²) >= 11 is 3.26. The van der Waals surface area contributed by atoms with Gasteiger partial charge in [0.2, 0.25) is 5.91 Å². The van der Waals surface area contributed by atoms with Gasteiger partial charge in [-0.3, -0.25) is 4.79 Å². The monoisotopic (exact) mass is 384 g/mol. The van der Waals surface area contributed by atoms with E-state index in [1.54, 1.807) is 12.1 Å². The van der Waals surface area contributed by atoms with Crippen LogP contribution >= 0.6 is 15.9 Å². The standard InChI is InChI=1S/C17H25BrN2O3/c1-3-5-6-7-8-9-16(21)20-19-12-13-10-14(18)17(22)15(11-13)23-4-2/h10-12,22H,3-9H2,1-2H3,(H,20,21). The van der Waals surface area contributed by atoms with E-state index in [0.717, 1.165) is 18.4 Å². The van der Waals surface area contributed by atoms with Gasteiger partial charge in [0, 0.05) is 6.42 Å². The van der Waals surface area contributed by atoms with Crippen LogP contribution in [0.3, 0.4) is 0 Å². The number of aromatic hydroxyl groups is 1. The van der Waals surface area contributed by atoms with Crippen LogP contribution in [0.5, 0.6) is 11.5 Å². The molecule has 1 rings (SSSR count). The van der Waals surface area contributed by atoms with Crippen molar-refractivity contribution >= 4 is 28.1 Å². The predicted molar refractivity (Wildman–Crippen MR) is 96.1 cm³/mol. The van der Waals surface area contributed by atoms with Crippen molar-refractivity contribution in [2.24, 2.45) is 5.10 Å². The molecule has 1 amide bonds. The van der Waals surface area contributed by atoms with Crippen molar-refractivity contribution in [3.05, 3.63) is 22.2 Å². The Morgan fingerprint density at radius 2 is 2.04 bits per heavy atom. The minimum absolute atomic E-state index is 0.0557. The first-order valence-corrected chi connectivity index (χ1v) is 8.85. The molecule has 0 atom stereocenters. The van der Waals surface area contributed by atoms with Crippen LogP contribution in [0.2, 0.25) is 0 Å². The lowest BCUT2D eigenvalue weighted by Gasteiger charge is -2.08. The molecule has 0 fully saturated rings. The fourth-order valence-electron chi connectivity index (χ4n) is 2.06. The summed E-state index contributed by atoms with van der Waals surface area (Å²) in [5, 5.41) is 13.8. The van der Waals surface area contributed by atoms with Gasteiger partial charge in [0.05, 0.1) is 17.3 Å². The summed E-state index contributed by atoms with van der Waals surface area (Å²) < 4.78 is 5.86. The van der Waals surface area contributed by atoms with Gasteiger partial charge in [-0.15, -0.1) is 0 Å². The van der Waals surface area contributed by atoms with Gasteiger partial charge >= 0.3 is 0 Å². The fraction of sp³-hybridized carbons (Fsp3) is 0.529. The molecule has 0 saturated carbocycles. The molecule has 2 N–H and O–H groups in total. The predicted octanol–water partition coefficient (Wildman–Crippen LogP) is 4.36. The minimum atomic E-state index is -0.0828. The van der Waals surface area contributed by atoms with E-state index in [1.165, 1.54) is 25.5 Å². The van der Waals surface area contributed by atoms with Crippen LogP contribution in [-0.4, -0.2) is 23.8 Å². The van der Waals surface area contributed by atoms with E-state index >= 15 is 0 Å². The third-order valence-corrected chi connectivity index (χ3v) is 3.87. The second-order valence-corrected chi connectivity index (χ2v) is 6.09. The average Bonchev–Trinajstić information content (AvgIpc) is 2.52. The van der Waals surface area contributed by atoms with Crippen LogP contribution < -0.4 is 10.2 Å². The van der Waals surface area contributed by atoms with Gasteiger partial charge in [0.25, 0.3) is 0 Å². The minimum Gasteiger partial charge on any atom is -0.503 e. The summed E-state index contributed by atoms with van der Waals surface area (Å²) in [5.41, 5.74) is 3.24. The number of unbranched alkanes of at least 4 members (excludes halogenated alkanes) is 4. The number of carbonyl (C=O) groups is 1. The highest BCUT2D eigenvalue weighted by molar-refractivity contribution is 9.10. The zero-order valence-corrected chi connectivity index (χ0v) is 15.4. The lowest BCUT2D eigenvalue weighted by molar-refractivity contribution is -0.121. The summed E-state index contributed by atoms with van der Waals surface area (Å²) in [6.07, 6.45) is 7.58. The molecule has 5 nitrogen and oxygen atoms in total. The Labute approximate surface area is 146 Å². The second kappa shape index (κ2) is 11.0. The molecule has 0 bridgehead atoms. The Bertz CT molecular complexity index is 533. The van der Waals surface area contributed by atoms with Gasteiger partial charge in [-0.2, -0.15) is 5.10 Å². The largest absolute Gasteiger partial charge is 0.503 e. The summed E-state index contributed by atoms with van der Waals surface area (Å²) in [5.74, 6) is 0.353. The number of benzene rings is 1. The molecule has 0 aliphatic carbocycles. The maximum absolute atomic E-state index is 11.7. The van der Waals surface area contributed by atoms with Crippen molar-refractivity contribution in [1.82, 2.24) is 5.43 Å². The Kier molecular flexibility index (Phi) is 9.36. The van der Waals surface area contributed by atoms with Crippen molar-refractivity contribution in [1.29, 1.82) is 0 Å². The highest BCUT2D eigenvalue weighted by Crippen LogP contribution is 2.34. The number of halogens is 1. The number of nitrogens with one attached hydrogen (secondary N) is 1. The Balaban J connectivity index is 2.46. The maximum Gasteiger partial charge on any atom is 0.240 e. The van der Waals surface area contributed by atoms with Crippen molar-refractivity contribution < 1.29 is 14.6 Å². The van der Waals surface area contributed by atoms with Gasteiger partial charge in [-0.25, -0.2) is 5.43 Å². The first-order valence-electron chi connectivity index (χ1n) is 8.05. The van der Waals surface area contributed by atoms with E-state index in [2.05, 4.69) is 33.4 Å². The molecule has 23 heavy (non-hydrogen) atoms. The molecular weight excluding hydrogens is 360 g/mol. The van der Waals surface area contributed by atoms with Gasteiger partial charge in [0.1, 0.15) is 0 Å². The first kappa shape index (κ1) is 19.5. The lowest BCUT2D eigenvalue weighted by Crippen LogP contribution is -2.16. The van der Waals surface area contributed by atoms with Crippen molar-refractivity contribution in [3.63, 3.8) is 0 Å². The van der Waals surface area contributed by atoms with Gasteiger partial charge in [0.15, 0.2) is 11.5 Å². The van der Waals surface area contributed by atoms with Crippen LogP contribution in [0, 0.1) is 0 Å². The number of ether oxygens (including phenoxy) is 1. The molecule has 0 aromatic heterocycles. The molecule has 6 heteroatoms. The van der Waals surface area contributed by atoms with Crippen molar-refractivity contribution in [2.75, 3.05) is 6.61 Å². The van der Waals surface area contributed by atoms with E-state index in [9.17, 15) is 9.90 Å². The average molecular weight is 385 g/mol. The molecule has 0 saturated heterocycles. The molecule has 0 radical (unpaired) electrons. The molecular formula is C17H25BrN2O3. The smallest absolute Gasteiger partial charge is 0.240 e. The van der Waals surface area contributed by atoms with Crippen LogP contribution in [0.4, 0.5) is 0 Å². The number of carbonyl (C=O) groups excluding carboxylic acids is 1. The summed E-state index contributed by atoms with van der Waals surface area (Å²) in [6.45, 7) is 4.46. The van der Waals surface area contributed by atoms with Crippen molar-refractivity contribution in [2.45, 2.75) is 52.4 Å². The molecule has 0 spiro atoms. The Hall–Kier alpha value is -1.56. The third kappa shape index (κ3) is 7.50. The number of phenolic OH excluding ortho intramolecular Hbond substituents is 1. The molecule has 0 heterocycles. The quantitative estimate of drug-likeness (QED) is 0.357. The maximum atomic E-state index is 11.7. The summed E-state index contributed by atoms with van der Waals surface area (Å²) in [7, 11) is 0. The number of rotatable bonds is 10. The number of hydrazone groups is 1. The van der Waals surface area contributed by atoms with Crippen molar-refractivity contribution in [3.8, 4) is 11.5 Å². The Morgan fingerprint density at radius 3 is 2.74 bits per heavy atom. The number of phenols is 1. The van der Waals surface area contributed by atoms with Gasteiger partial charge < -0.3 is 9.84 Å². The van der Waals surface area contributed by atoms with E-state index in [4.69, 9.17) is 4.74 Å². The zero-order valence-electron chi connectivity index (χ0n) is 13.8. The topological polar surface area (TPSA) is 70.9 Å². The molecule has 1 aromatic rings. The number of hydrogen-bond donors (Lipinski definition) is 2. The molecule has 1 aromatic carbocycles. The van der Waals surface area contributed by atoms with Gasteiger partial charge in [-0.05, 0) is 47.0 Å². The number of amides is 1. The highest BCUT2D eigenvalue weighted by Gasteiger charge is 2.08. The fourth-order valence-corrected chi connectivity index (χ4v) is 2.52. The normalized spacial score (nSPS) is 10.9. The summed E-state index contributed by atoms with van der Waals surface area (Å²) in [4.78, 5) is 11.7. The highest BCUT2D eigenvalue weighted by atomic mass is 79.9. The van der Waals surface area contributed by atoms with E-state index in [0.29, 0.717) is 23.2 Å². The lowest BCUT2D eigenvalue weighted by atomic mass is 10.1. The molecule has 0 unspecified atom stereocenters. The number of hydrogen-bond acceptors (Lipinski definition) is 4. The molecule has 0 aliphatic rings. The van der Waals surface area contributed by atoms with E-state index in [-0.39, 0.29) is 11.7 Å². The Morgan fingerprint density at radius 1 is 1.30 bits per heavy atom. The van der Waals surface area contributed by atoms with Crippen LogP contribution in [0.15, 0.2) is 21.7 Å². The first-order chi connectivity index (χ1) is 11.1. The zero-order chi connectivity index (χ0) is 17.1. The molecule has 128 valence electrons. The second-order valence-electron chi connectivity index (χ2n) is 5.24. The molecule has 0 aliphatic heterocycles. The van der Waals surface area contributed by atoms with Crippen LogP contribution in [0.1, 0.15) is 57.9 Å². The van der Waals surface area contributed by atoms with Crippen LogP contribution in [-0.2, 0) is 4.79 Å². The van der Waals surface area contributed by atoms with E-state index < -0.39 is 0 Å². The van der Waals surface area contributed by atoms with Crippen LogP contribution in [0.25, 0.3) is 0 Å². The van der Waals surface area contributed by atoms with E-state index in [1.807, 2.05) is 6.92 Å².